The van der Waals surface area contributed by atoms with Crippen molar-refractivity contribution >= 4 is 17.4 Å². The molecule has 0 amide bonds. The van der Waals surface area contributed by atoms with E-state index in [1.165, 1.54) is 5.56 Å². The third kappa shape index (κ3) is 3.53. The van der Waals surface area contributed by atoms with Gasteiger partial charge in [-0.2, -0.15) is 5.26 Å². The lowest BCUT2D eigenvalue weighted by Gasteiger charge is -2.25. The average Bonchev–Trinajstić information content (AvgIpc) is 2.59. The standard InChI is InChI=1S/C19H20ClN3O/c1-19(24,15-6-4-7-16(20)10-15)12-22-18-14(11-21)9-13-5-2-3-8-17(13)23-18/h4,6-7,9-10,24H,2-3,5,8,12H2,1H3,(H,22,23). The number of nitriles is 1. The Kier molecular flexibility index (Phi) is 4.75. The van der Waals surface area contributed by atoms with E-state index in [-0.39, 0.29) is 6.54 Å². The highest BCUT2D eigenvalue weighted by molar-refractivity contribution is 6.30. The zero-order valence-corrected chi connectivity index (χ0v) is 14.4. The lowest BCUT2D eigenvalue weighted by molar-refractivity contribution is 0.0714. The van der Waals surface area contributed by atoms with Gasteiger partial charge in [-0.25, -0.2) is 4.98 Å². The zero-order chi connectivity index (χ0) is 17.2. The number of hydrogen-bond acceptors (Lipinski definition) is 4. The quantitative estimate of drug-likeness (QED) is 0.887. The van der Waals surface area contributed by atoms with Crippen molar-refractivity contribution in [2.45, 2.75) is 38.2 Å². The fraction of sp³-hybridized carbons (Fsp3) is 0.368. The number of nitrogens with one attached hydrogen (secondary N) is 1. The summed E-state index contributed by atoms with van der Waals surface area (Å²) < 4.78 is 0. The van der Waals surface area contributed by atoms with Crippen LogP contribution in [0.2, 0.25) is 5.02 Å². The van der Waals surface area contributed by atoms with Gasteiger partial charge in [0.2, 0.25) is 0 Å². The Morgan fingerprint density at radius 1 is 1.33 bits per heavy atom. The van der Waals surface area contributed by atoms with E-state index in [0.717, 1.165) is 36.9 Å². The monoisotopic (exact) mass is 341 g/mol. The molecule has 2 N–H and O–H groups in total. The molecule has 1 aromatic carbocycles. The second-order valence-electron chi connectivity index (χ2n) is 6.45. The molecule has 0 bridgehead atoms. The minimum absolute atomic E-state index is 0.244. The van der Waals surface area contributed by atoms with Crippen LogP contribution in [0.1, 0.15) is 42.1 Å². The van der Waals surface area contributed by atoms with E-state index in [1.807, 2.05) is 18.2 Å². The summed E-state index contributed by atoms with van der Waals surface area (Å²) in [7, 11) is 0. The smallest absolute Gasteiger partial charge is 0.144 e. The summed E-state index contributed by atoms with van der Waals surface area (Å²) in [4.78, 5) is 4.63. The highest BCUT2D eigenvalue weighted by atomic mass is 35.5. The number of aryl methyl sites for hydroxylation is 2. The summed E-state index contributed by atoms with van der Waals surface area (Å²) in [5, 5.41) is 23.9. The van der Waals surface area contributed by atoms with Crippen LogP contribution < -0.4 is 5.32 Å². The molecule has 0 aliphatic heterocycles. The first-order valence-electron chi connectivity index (χ1n) is 8.15. The van der Waals surface area contributed by atoms with Gasteiger partial charge in [0, 0.05) is 17.3 Å². The fourth-order valence-corrected chi connectivity index (χ4v) is 3.23. The second-order valence-corrected chi connectivity index (χ2v) is 6.88. The molecule has 3 rings (SSSR count). The number of hydrogen-bond donors (Lipinski definition) is 2. The Hall–Kier alpha value is -2.09. The fourth-order valence-electron chi connectivity index (χ4n) is 3.04. The number of anilines is 1. The van der Waals surface area contributed by atoms with E-state index in [0.29, 0.717) is 16.4 Å². The van der Waals surface area contributed by atoms with Crippen LogP contribution in [0.5, 0.6) is 0 Å². The third-order valence-electron chi connectivity index (χ3n) is 4.47. The SMILES string of the molecule is CC(O)(CNc1nc2c(cc1C#N)CCCC2)c1cccc(Cl)c1. The Morgan fingerprint density at radius 2 is 2.12 bits per heavy atom. The summed E-state index contributed by atoms with van der Waals surface area (Å²) in [5.41, 5.74) is 2.36. The van der Waals surface area contributed by atoms with E-state index in [9.17, 15) is 10.4 Å². The van der Waals surface area contributed by atoms with Gasteiger partial charge in [-0.1, -0.05) is 23.7 Å². The van der Waals surface area contributed by atoms with Crippen molar-refractivity contribution in [3.8, 4) is 6.07 Å². The molecule has 0 radical (unpaired) electrons. The van der Waals surface area contributed by atoms with Crippen LogP contribution in [0, 0.1) is 11.3 Å². The number of halogens is 1. The van der Waals surface area contributed by atoms with Gasteiger partial charge in [0.1, 0.15) is 17.5 Å². The number of nitrogens with zero attached hydrogens (tertiary/aromatic N) is 2. The highest BCUT2D eigenvalue weighted by Gasteiger charge is 2.24. The number of fused-ring (bicyclic) bond motifs is 1. The van der Waals surface area contributed by atoms with E-state index >= 15 is 0 Å². The number of rotatable bonds is 4. The summed E-state index contributed by atoms with van der Waals surface area (Å²) in [6.45, 7) is 1.96. The van der Waals surface area contributed by atoms with Gasteiger partial charge in [-0.05, 0) is 61.9 Å². The zero-order valence-electron chi connectivity index (χ0n) is 13.6. The molecule has 2 aromatic rings. The van der Waals surface area contributed by atoms with Gasteiger partial charge in [0.15, 0.2) is 0 Å². The topological polar surface area (TPSA) is 68.9 Å². The molecule has 4 nitrogen and oxygen atoms in total. The molecule has 124 valence electrons. The van der Waals surface area contributed by atoms with E-state index in [1.54, 1.807) is 19.1 Å². The van der Waals surface area contributed by atoms with Crippen molar-refractivity contribution in [1.82, 2.24) is 4.98 Å². The number of benzene rings is 1. The van der Waals surface area contributed by atoms with Crippen molar-refractivity contribution in [3.63, 3.8) is 0 Å². The number of aromatic nitrogens is 1. The molecule has 0 spiro atoms. The molecular formula is C19H20ClN3O. The van der Waals surface area contributed by atoms with Crippen molar-refractivity contribution in [2.75, 3.05) is 11.9 Å². The average molecular weight is 342 g/mol. The maximum atomic E-state index is 10.7. The molecule has 1 aliphatic rings. The molecule has 1 aromatic heterocycles. The first kappa shape index (κ1) is 16.8. The molecule has 1 aliphatic carbocycles. The summed E-state index contributed by atoms with van der Waals surface area (Å²) in [6.07, 6.45) is 4.21. The minimum atomic E-state index is -1.12. The van der Waals surface area contributed by atoms with E-state index in [2.05, 4.69) is 16.4 Å². The summed E-state index contributed by atoms with van der Waals surface area (Å²) >= 11 is 6.01. The molecule has 5 heteroatoms. The van der Waals surface area contributed by atoms with Crippen LogP contribution in [0.4, 0.5) is 5.82 Å². The third-order valence-corrected chi connectivity index (χ3v) is 4.70. The first-order chi connectivity index (χ1) is 11.5. The van der Waals surface area contributed by atoms with E-state index < -0.39 is 5.60 Å². The van der Waals surface area contributed by atoms with Crippen LogP contribution in [-0.2, 0) is 18.4 Å². The molecule has 1 unspecified atom stereocenters. The number of aliphatic hydroxyl groups is 1. The van der Waals surface area contributed by atoms with Crippen LogP contribution in [0.3, 0.4) is 0 Å². The van der Waals surface area contributed by atoms with Crippen molar-refractivity contribution in [1.29, 1.82) is 5.26 Å². The Morgan fingerprint density at radius 3 is 2.88 bits per heavy atom. The van der Waals surface area contributed by atoms with Crippen molar-refractivity contribution < 1.29 is 5.11 Å². The van der Waals surface area contributed by atoms with Crippen LogP contribution in [-0.4, -0.2) is 16.6 Å². The van der Waals surface area contributed by atoms with Crippen LogP contribution in [0.15, 0.2) is 30.3 Å². The van der Waals surface area contributed by atoms with Crippen molar-refractivity contribution in [3.05, 3.63) is 57.7 Å². The Labute approximate surface area is 147 Å². The van der Waals surface area contributed by atoms with Gasteiger partial charge in [-0.15, -0.1) is 0 Å². The predicted octanol–water partition coefficient (Wildman–Crippen LogP) is 3.81. The number of pyridine rings is 1. The highest BCUT2D eigenvalue weighted by Crippen LogP contribution is 2.27. The van der Waals surface area contributed by atoms with Crippen LogP contribution in [0.25, 0.3) is 0 Å². The molecule has 1 atom stereocenters. The Balaban J connectivity index is 1.82. The maximum absolute atomic E-state index is 10.7. The molecule has 0 saturated heterocycles. The molecular weight excluding hydrogens is 322 g/mol. The van der Waals surface area contributed by atoms with Gasteiger partial charge < -0.3 is 10.4 Å². The Bertz CT molecular complexity index is 796. The minimum Gasteiger partial charge on any atom is -0.384 e. The summed E-state index contributed by atoms with van der Waals surface area (Å²) in [6, 6.07) is 11.3. The van der Waals surface area contributed by atoms with Gasteiger partial charge in [0.05, 0.1) is 5.56 Å². The van der Waals surface area contributed by atoms with Gasteiger partial charge in [-0.3, -0.25) is 0 Å². The molecule has 0 saturated carbocycles. The normalized spacial score (nSPS) is 15.9. The lowest BCUT2D eigenvalue weighted by atomic mass is 9.94. The molecule has 24 heavy (non-hydrogen) atoms. The second kappa shape index (κ2) is 6.80. The van der Waals surface area contributed by atoms with Gasteiger partial charge >= 0.3 is 0 Å². The molecule has 0 fully saturated rings. The van der Waals surface area contributed by atoms with E-state index in [4.69, 9.17) is 11.6 Å². The maximum Gasteiger partial charge on any atom is 0.144 e. The van der Waals surface area contributed by atoms with Crippen molar-refractivity contribution in [2.24, 2.45) is 0 Å². The largest absolute Gasteiger partial charge is 0.384 e. The summed E-state index contributed by atoms with van der Waals surface area (Å²) in [5.74, 6) is 0.542. The first-order valence-corrected chi connectivity index (χ1v) is 8.52. The lowest BCUT2D eigenvalue weighted by Crippen LogP contribution is -2.31. The predicted molar refractivity (Wildman–Crippen MR) is 95.1 cm³/mol. The van der Waals surface area contributed by atoms with Gasteiger partial charge in [0.25, 0.3) is 0 Å². The molecule has 1 heterocycles. The van der Waals surface area contributed by atoms with Crippen LogP contribution >= 0.6 is 11.6 Å².